The van der Waals surface area contributed by atoms with Crippen molar-refractivity contribution >= 4 is 52.4 Å². The van der Waals surface area contributed by atoms with Crippen LogP contribution in [0.5, 0.6) is 0 Å². The molecule has 3 N–H and O–H groups in total. The molecule has 5 amide bonds. The molecule has 3 aromatic heterocycles. The van der Waals surface area contributed by atoms with E-state index in [1.165, 1.54) is 21.6 Å². The monoisotopic (exact) mass is 800 g/mol. The molecule has 0 spiro atoms. The first-order valence-electron chi connectivity index (χ1n) is 19.7. The lowest BCUT2D eigenvalue weighted by molar-refractivity contribution is -0.136. The molecule has 7 heterocycles. The summed E-state index contributed by atoms with van der Waals surface area (Å²) in [7, 11) is 0. The Kier molecular flexibility index (Phi) is 9.87. The van der Waals surface area contributed by atoms with Crippen LogP contribution >= 0.6 is 0 Å². The molecule has 0 bridgehead atoms. The molecule has 1 saturated carbocycles. The van der Waals surface area contributed by atoms with E-state index in [9.17, 15) is 32.8 Å². The predicted molar refractivity (Wildman–Crippen MR) is 202 cm³/mol. The number of imide groups is 2. The molecule has 0 radical (unpaired) electrons. The zero-order chi connectivity index (χ0) is 40.2. The van der Waals surface area contributed by atoms with E-state index < -0.39 is 47.7 Å². The number of rotatable bonds is 13. The number of carbonyl (C=O) groups excluding carboxylic acids is 5. The summed E-state index contributed by atoms with van der Waals surface area (Å²) >= 11 is 0. The lowest BCUT2D eigenvalue weighted by Crippen LogP contribution is -2.54. The van der Waals surface area contributed by atoms with Crippen LogP contribution in [0.15, 0.2) is 42.9 Å². The SMILES string of the molecule is C[C@@H]1C2O[C@H]2CN1c1ccn2ncc(C(=O)Nc3cn([C@H]4CC[C@H](COCCCNc5cccc6c5C(=O)N(C5CCC(=O)NC5=O)C6=O)CC4)nc3C(F)F)c2n1. The van der Waals surface area contributed by atoms with Crippen LogP contribution in [0, 0.1) is 5.92 Å². The minimum atomic E-state index is -2.90. The number of hydrogen-bond donors (Lipinski definition) is 3. The molecule has 5 aliphatic rings. The Balaban J connectivity index is 0.745. The van der Waals surface area contributed by atoms with Gasteiger partial charge >= 0.3 is 0 Å². The van der Waals surface area contributed by atoms with E-state index in [0.717, 1.165) is 17.7 Å². The number of nitrogens with one attached hydrogen (secondary N) is 3. The third kappa shape index (κ3) is 6.95. The Morgan fingerprint density at radius 1 is 1.07 bits per heavy atom. The lowest BCUT2D eigenvalue weighted by Gasteiger charge is -2.28. The summed E-state index contributed by atoms with van der Waals surface area (Å²) in [5.74, 6) is -1.85. The second kappa shape index (κ2) is 15.2. The van der Waals surface area contributed by atoms with Crippen LogP contribution < -0.4 is 20.9 Å². The van der Waals surface area contributed by atoms with E-state index in [2.05, 4.69) is 38.0 Å². The van der Waals surface area contributed by atoms with Gasteiger partial charge in [0.2, 0.25) is 11.8 Å². The summed E-state index contributed by atoms with van der Waals surface area (Å²) in [5.41, 5.74) is 0.839. The van der Waals surface area contributed by atoms with Crippen LogP contribution in [0.4, 0.5) is 26.0 Å². The van der Waals surface area contributed by atoms with Crippen LogP contribution in [0.25, 0.3) is 5.65 Å². The average molecular weight is 801 g/mol. The smallest absolute Gasteiger partial charge is 0.284 e. The van der Waals surface area contributed by atoms with Gasteiger partial charge in [-0.1, -0.05) is 6.07 Å². The number of alkyl halides is 2. The summed E-state index contributed by atoms with van der Waals surface area (Å²) < 4.78 is 43.0. The number of halogens is 2. The maximum absolute atomic E-state index is 14.2. The maximum atomic E-state index is 14.2. The number of fused-ring (bicyclic) bond motifs is 3. The standard InChI is InChI=1S/C39H42F2N10O7/c1-20-33-28(58-33)18-48(20)29-12-14-49-35(45-29)24(16-43-49)36(53)44-26-17-50(47-32(26)34(40)41)22-8-6-21(7-9-22)19-57-15-3-13-42-25-5-2-4-23-31(25)39(56)51(38(23)55)27-10-11-30(52)46-37(27)54/h2,4-5,12,14,16-17,20-22,27-28,33-34,42H,3,6-11,13,15,18-19H2,1H3,(H,44,53)(H,46,52,54)/t20-,21-,22-,27?,28+,33?/m1/s1. The molecular formula is C39H42F2N10O7. The molecule has 4 atom stereocenters. The molecule has 2 unspecified atom stereocenters. The minimum absolute atomic E-state index is 0.0485. The maximum Gasteiger partial charge on any atom is 0.284 e. The Morgan fingerprint density at radius 3 is 2.66 bits per heavy atom. The molecule has 3 saturated heterocycles. The highest BCUT2D eigenvalue weighted by Gasteiger charge is 2.53. The van der Waals surface area contributed by atoms with Gasteiger partial charge in [-0.2, -0.15) is 10.2 Å². The number of ether oxygens (including phenoxy) is 2. The van der Waals surface area contributed by atoms with Gasteiger partial charge < -0.3 is 25.0 Å². The predicted octanol–water partition coefficient (Wildman–Crippen LogP) is 3.74. The zero-order valence-corrected chi connectivity index (χ0v) is 31.6. The van der Waals surface area contributed by atoms with E-state index in [0.29, 0.717) is 62.7 Å². The van der Waals surface area contributed by atoms with Crippen LogP contribution in [0.3, 0.4) is 0 Å². The lowest BCUT2D eigenvalue weighted by atomic mass is 9.86. The third-order valence-electron chi connectivity index (χ3n) is 11.9. The van der Waals surface area contributed by atoms with Crippen molar-refractivity contribution in [2.45, 2.75) is 88.6 Å². The Labute approximate surface area is 330 Å². The van der Waals surface area contributed by atoms with Crippen molar-refractivity contribution in [1.82, 2.24) is 34.6 Å². The Morgan fingerprint density at radius 2 is 1.90 bits per heavy atom. The fourth-order valence-corrected chi connectivity index (χ4v) is 8.67. The van der Waals surface area contributed by atoms with Gasteiger partial charge in [0.25, 0.3) is 24.1 Å². The summed E-state index contributed by atoms with van der Waals surface area (Å²) in [6.07, 6.45) is 5.84. The molecule has 1 aliphatic carbocycles. The van der Waals surface area contributed by atoms with Gasteiger partial charge in [0.1, 0.15) is 29.6 Å². The number of nitrogens with zero attached hydrogens (tertiary/aromatic N) is 7. The normalized spacial score (nSPS) is 25.4. The Bertz CT molecular complexity index is 2310. The van der Waals surface area contributed by atoms with Crippen LogP contribution in [-0.2, 0) is 19.1 Å². The molecule has 17 nitrogen and oxygen atoms in total. The summed E-state index contributed by atoms with van der Waals surface area (Å²) in [4.78, 5) is 71.7. The number of hydrogen-bond acceptors (Lipinski definition) is 12. The van der Waals surface area contributed by atoms with Crippen LogP contribution in [0.1, 0.15) is 101 Å². The first-order chi connectivity index (χ1) is 28.0. The van der Waals surface area contributed by atoms with Gasteiger partial charge in [-0.15, -0.1) is 0 Å². The highest BCUT2D eigenvalue weighted by Crippen LogP contribution is 2.39. The average Bonchev–Trinajstić information content (AvgIpc) is 3.43. The number of epoxide rings is 1. The van der Waals surface area contributed by atoms with Gasteiger partial charge in [-0.25, -0.2) is 18.3 Å². The van der Waals surface area contributed by atoms with E-state index in [1.807, 2.05) is 6.07 Å². The highest BCUT2D eigenvalue weighted by atomic mass is 19.3. The molecule has 4 aromatic rings. The largest absolute Gasteiger partial charge is 0.384 e. The van der Waals surface area contributed by atoms with Gasteiger partial charge in [-0.3, -0.25) is 38.9 Å². The van der Waals surface area contributed by atoms with E-state index >= 15 is 0 Å². The fraction of sp³-hybridized carbons (Fsp3) is 0.487. The zero-order valence-electron chi connectivity index (χ0n) is 31.6. The van der Waals surface area contributed by atoms with Crippen molar-refractivity contribution in [2.75, 3.05) is 41.8 Å². The van der Waals surface area contributed by atoms with Gasteiger partial charge in [-0.05, 0) is 69.6 Å². The molecule has 4 aliphatic heterocycles. The van der Waals surface area contributed by atoms with Gasteiger partial charge in [0.15, 0.2) is 11.3 Å². The molecule has 19 heteroatoms. The number of carbonyl (C=O) groups is 5. The molecular weight excluding hydrogens is 758 g/mol. The molecule has 304 valence electrons. The molecule has 4 fully saturated rings. The molecule has 9 rings (SSSR count). The third-order valence-corrected chi connectivity index (χ3v) is 11.9. The van der Waals surface area contributed by atoms with E-state index in [4.69, 9.17) is 14.5 Å². The first-order valence-corrected chi connectivity index (χ1v) is 19.7. The van der Waals surface area contributed by atoms with Gasteiger partial charge in [0.05, 0.1) is 35.1 Å². The van der Waals surface area contributed by atoms with Crippen molar-refractivity contribution in [2.24, 2.45) is 5.92 Å². The minimum Gasteiger partial charge on any atom is -0.384 e. The number of benzene rings is 1. The highest BCUT2D eigenvalue weighted by molar-refractivity contribution is 6.25. The topological polar surface area (TPSA) is 198 Å². The summed E-state index contributed by atoms with van der Waals surface area (Å²) in [6.45, 7) is 4.23. The summed E-state index contributed by atoms with van der Waals surface area (Å²) in [6, 6.07) is 5.76. The van der Waals surface area contributed by atoms with Crippen LogP contribution in [0.2, 0.25) is 0 Å². The Hall–Kier alpha value is -5.82. The number of morpholine rings is 1. The van der Waals surface area contributed by atoms with E-state index in [-0.39, 0.29) is 65.4 Å². The number of aromatic nitrogens is 5. The second-order valence-corrected chi connectivity index (χ2v) is 15.5. The molecule has 58 heavy (non-hydrogen) atoms. The number of piperidine rings is 1. The van der Waals surface area contributed by atoms with Crippen molar-refractivity contribution < 1.29 is 42.2 Å². The van der Waals surface area contributed by atoms with Crippen molar-refractivity contribution in [3.63, 3.8) is 0 Å². The summed E-state index contributed by atoms with van der Waals surface area (Å²) in [5, 5.41) is 16.5. The van der Waals surface area contributed by atoms with E-state index in [1.54, 1.807) is 24.4 Å². The molecule has 1 aromatic carbocycles. The van der Waals surface area contributed by atoms with Crippen molar-refractivity contribution in [3.05, 3.63) is 65.2 Å². The quantitative estimate of drug-likeness (QED) is 0.101. The van der Waals surface area contributed by atoms with Crippen molar-refractivity contribution in [1.29, 1.82) is 0 Å². The number of anilines is 3. The van der Waals surface area contributed by atoms with Gasteiger partial charge in [0, 0.05) is 50.8 Å². The number of amides is 5. The second-order valence-electron chi connectivity index (χ2n) is 15.5. The van der Waals surface area contributed by atoms with Crippen LogP contribution in [-0.4, -0.2) is 109 Å². The fourth-order valence-electron chi connectivity index (χ4n) is 8.67. The van der Waals surface area contributed by atoms with Crippen molar-refractivity contribution in [3.8, 4) is 0 Å². The first kappa shape index (κ1) is 37.7.